The molecule has 0 radical (unpaired) electrons. The summed E-state index contributed by atoms with van der Waals surface area (Å²) in [6.45, 7) is 5.08. The quantitative estimate of drug-likeness (QED) is 0.830. The number of rotatable bonds is 6. The van der Waals surface area contributed by atoms with E-state index in [1.54, 1.807) is 13.8 Å². The van der Waals surface area contributed by atoms with Gasteiger partial charge in [-0.3, -0.25) is 0 Å². The van der Waals surface area contributed by atoms with Crippen molar-refractivity contribution in [2.75, 3.05) is 13.7 Å². The van der Waals surface area contributed by atoms with Crippen molar-refractivity contribution in [3.05, 3.63) is 29.1 Å². The van der Waals surface area contributed by atoms with Gasteiger partial charge in [0.15, 0.2) is 0 Å². The van der Waals surface area contributed by atoms with Crippen molar-refractivity contribution in [2.45, 2.75) is 37.8 Å². The van der Waals surface area contributed by atoms with Gasteiger partial charge in [-0.15, -0.1) is 0 Å². The molecule has 114 valence electrons. The molecule has 0 saturated carbocycles. The number of halogens is 1. The third-order valence-electron chi connectivity index (χ3n) is 3.07. The normalized spacial score (nSPS) is 12.7. The predicted molar refractivity (Wildman–Crippen MR) is 75.3 cm³/mol. The first-order valence-electron chi connectivity index (χ1n) is 6.17. The Hall–Kier alpha value is -1.02. The summed E-state index contributed by atoms with van der Waals surface area (Å²) in [7, 11) is -2.22. The Kier molecular flexibility index (Phi) is 5.26. The van der Waals surface area contributed by atoms with Gasteiger partial charge in [0.05, 0.1) is 10.5 Å². The maximum Gasteiger partial charge on any atom is 0.240 e. The molecule has 7 heteroatoms. The van der Waals surface area contributed by atoms with Crippen molar-refractivity contribution >= 4 is 10.0 Å². The summed E-state index contributed by atoms with van der Waals surface area (Å²) in [4.78, 5) is 0.00348. The third-order valence-corrected chi connectivity index (χ3v) is 4.45. The van der Waals surface area contributed by atoms with Crippen LogP contribution < -0.4 is 10.5 Å². The van der Waals surface area contributed by atoms with E-state index in [1.165, 1.54) is 26.2 Å². The average molecular weight is 304 g/mol. The van der Waals surface area contributed by atoms with Gasteiger partial charge < -0.3 is 10.5 Å². The Bertz CT molecular complexity index is 586. The molecule has 20 heavy (non-hydrogen) atoms. The minimum atomic E-state index is -3.73. The number of methoxy groups -OCH3 is 1. The van der Waals surface area contributed by atoms with Crippen LogP contribution in [0.25, 0.3) is 0 Å². The van der Waals surface area contributed by atoms with E-state index in [-0.39, 0.29) is 29.1 Å². The van der Waals surface area contributed by atoms with E-state index in [9.17, 15) is 12.8 Å². The van der Waals surface area contributed by atoms with E-state index >= 15 is 0 Å². The Morgan fingerprint density at radius 3 is 2.50 bits per heavy atom. The fraction of sp³-hybridized carbons (Fsp3) is 0.538. The Balaban J connectivity index is 3.07. The van der Waals surface area contributed by atoms with Crippen LogP contribution in [-0.4, -0.2) is 27.7 Å². The van der Waals surface area contributed by atoms with Crippen molar-refractivity contribution in [1.82, 2.24) is 4.72 Å². The van der Waals surface area contributed by atoms with Gasteiger partial charge >= 0.3 is 0 Å². The van der Waals surface area contributed by atoms with E-state index in [1.807, 2.05) is 0 Å². The highest BCUT2D eigenvalue weighted by Gasteiger charge is 2.23. The van der Waals surface area contributed by atoms with Crippen LogP contribution in [-0.2, 0) is 21.3 Å². The zero-order chi connectivity index (χ0) is 15.6. The molecule has 0 atom stereocenters. The summed E-state index contributed by atoms with van der Waals surface area (Å²) in [6.07, 6.45) is 0. The van der Waals surface area contributed by atoms with Gasteiger partial charge in [-0.2, -0.15) is 0 Å². The number of nitrogens with two attached hydrogens (primary N) is 1. The number of benzene rings is 1. The van der Waals surface area contributed by atoms with E-state index in [0.29, 0.717) is 0 Å². The third kappa shape index (κ3) is 3.99. The summed E-state index contributed by atoms with van der Waals surface area (Å²) in [5.41, 5.74) is 5.22. The second-order valence-corrected chi connectivity index (χ2v) is 6.97. The molecule has 5 nitrogen and oxygen atoms in total. The van der Waals surface area contributed by atoms with Crippen molar-refractivity contribution in [1.29, 1.82) is 0 Å². The topological polar surface area (TPSA) is 81.4 Å². The van der Waals surface area contributed by atoms with Gasteiger partial charge in [0.2, 0.25) is 10.0 Å². The van der Waals surface area contributed by atoms with E-state index < -0.39 is 21.4 Å². The molecule has 0 aliphatic heterocycles. The van der Waals surface area contributed by atoms with Crippen LogP contribution >= 0.6 is 0 Å². The molecule has 0 fully saturated rings. The van der Waals surface area contributed by atoms with Crippen molar-refractivity contribution < 1.29 is 17.5 Å². The largest absolute Gasteiger partial charge is 0.377 e. The SMILES string of the molecule is COC(C)(C)CNS(=O)(=O)c1cc(C)c(F)c(CN)c1. The van der Waals surface area contributed by atoms with Crippen LogP contribution in [0.1, 0.15) is 25.0 Å². The predicted octanol–water partition coefficient (Wildman–Crippen LogP) is 1.30. The maximum atomic E-state index is 13.7. The van der Waals surface area contributed by atoms with Gasteiger partial charge in [0, 0.05) is 25.8 Å². The molecule has 0 heterocycles. The number of aryl methyl sites for hydroxylation is 1. The van der Waals surface area contributed by atoms with Crippen LogP contribution in [0.3, 0.4) is 0 Å². The molecule has 0 saturated heterocycles. The zero-order valence-corrected chi connectivity index (χ0v) is 13.0. The lowest BCUT2D eigenvalue weighted by Crippen LogP contribution is -2.39. The summed E-state index contributed by atoms with van der Waals surface area (Å²) in [5.74, 6) is -0.469. The monoisotopic (exact) mass is 304 g/mol. The van der Waals surface area contributed by atoms with Crippen LogP contribution in [0, 0.1) is 12.7 Å². The number of hydrogen-bond donors (Lipinski definition) is 2. The highest BCUT2D eigenvalue weighted by molar-refractivity contribution is 7.89. The number of ether oxygens (including phenoxy) is 1. The minimum absolute atomic E-state index is 0.00348. The first-order valence-corrected chi connectivity index (χ1v) is 7.65. The fourth-order valence-corrected chi connectivity index (χ4v) is 2.87. The van der Waals surface area contributed by atoms with Gasteiger partial charge in [-0.25, -0.2) is 17.5 Å². The molecule has 0 amide bonds. The smallest absolute Gasteiger partial charge is 0.240 e. The summed E-state index contributed by atoms with van der Waals surface area (Å²) in [6, 6.07) is 2.54. The molecule has 1 aromatic rings. The van der Waals surface area contributed by atoms with E-state index in [0.717, 1.165) is 0 Å². The molecule has 3 N–H and O–H groups in total. The van der Waals surface area contributed by atoms with Crippen LogP contribution in [0.15, 0.2) is 17.0 Å². The molecular weight excluding hydrogens is 283 g/mol. The summed E-state index contributed by atoms with van der Waals surface area (Å²) in [5, 5.41) is 0. The molecule has 0 spiro atoms. The Morgan fingerprint density at radius 1 is 1.40 bits per heavy atom. The van der Waals surface area contributed by atoms with Crippen LogP contribution in [0.2, 0.25) is 0 Å². The number of nitrogens with one attached hydrogen (secondary N) is 1. The number of hydrogen-bond acceptors (Lipinski definition) is 4. The highest BCUT2D eigenvalue weighted by Crippen LogP contribution is 2.19. The second kappa shape index (κ2) is 6.17. The lowest BCUT2D eigenvalue weighted by Gasteiger charge is -2.23. The molecule has 0 aromatic heterocycles. The van der Waals surface area contributed by atoms with Crippen molar-refractivity contribution in [3.63, 3.8) is 0 Å². The summed E-state index contributed by atoms with van der Waals surface area (Å²) >= 11 is 0. The molecular formula is C13H21FN2O3S. The second-order valence-electron chi connectivity index (χ2n) is 5.21. The molecule has 0 aliphatic carbocycles. The van der Waals surface area contributed by atoms with Crippen LogP contribution in [0.4, 0.5) is 4.39 Å². The van der Waals surface area contributed by atoms with E-state index in [2.05, 4.69) is 4.72 Å². The molecule has 1 rings (SSSR count). The average Bonchev–Trinajstić information content (AvgIpc) is 2.39. The number of sulfonamides is 1. The lowest BCUT2D eigenvalue weighted by molar-refractivity contribution is 0.0276. The van der Waals surface area contributed by atoms with Gasteiger partial charge in [0.25, 0.3) is 0 Å². The van der Waals surface area contributed by atoms with Crippen molar-refractivity contribution in [2.24, 2.45) is 5.73 Å². The lowest BCUT2D eigenvalue weighted by atomic mass is 10.1. The maximum absolute atomic E-state index is 13.7. The van der Waals surface area contributed by atoms with Gasteiger partial charge in [-0.05, 0) is 38.5 Å². The molecule has 1 aromatic carbocycles. The molecule has 0 aliphatic rings. The molecule has 0 bridgehead atoms. The minimum Gasteiger partial charge on any atom is -0.377 e. The van der Waals surface area contributed by atoms with Crippen molar-refractivity contribution in [3.8, 4) is 0 Å². The summed E-state index contributed by atoms with van der Waals surface area (Å²) < 4.78 is 45.7. The standard InChI is InChI=1S/C13H21FN2O3S/c1-9-5-11(6-10(7-15)12(9)14)20(17,18)16-8-13(2,3)19-4/h5-6,16H,7-8,15H2,1-4H3. The van der Waals surface area contributed by atoms with Crippen LogP contribution in [0.5, 0.6) is 0 Å². The first kappa shape index (κ1) is 17.0. The Morgan fingerprint density at radius 2 is 2.00 bits per heavy atom. The Labute approximate surface area is 119 Å². The van der Waals surface area contributed by atoms with Gasteiger partial charge in [-0.1, -0.05) is 0 Å². The van der Waals surface area contributed by atoms with Gasteiger partial charge in [0.1, 0.15) is 5.82 Å². The zero-order valence-electron chi connectivity index (χ0n) is 12.2. The fourth-order valence-electron chi connectivity index (χ4n) is 1.53. The first-order chi connectivity index (χ1) is 9.13. The molecule has 0 unspecified atom stereocenters. The van der Waals surface area contributed by atoms with E-state index in [4.69, 9.17) is 10.5 Å². The highest BCUT2D eigenvalue weighted by atomic mass is 32.2.